The molecule has 3 N–H and O–H groups in total. The van der Waals surface area contributed by atoms with Gasteiger partial charge in [0.2, 0.25) is 0 Å². The van der Waals surface area contributed by atoms with Gasteiger partial charge in [-0.2, -0.15) is 0 Å². The molecule has 0 aliphatic heterocycles. The molecule has 0 aromatic heterocycles. The third-order valence-electron chi connectivity index (χ3n) is 4.30. The molecule has 0 bridgehead atoms. The number of ether oxygens (including phenoxy) is 1. The van der Waals surface area contributed by atoms with E-state index in [1.54, 1.807) is 55.6 Å². The van der Waals surface area contributed by atoms with Crippen LogP contribution < -0.4 is 20.7 Å². The highest BCUT2D eigenvalue weighted by Crippen LogP contribution is 2.16. The van der Waals surface area contributed by atoms with Crippen LogP contribution in [0.4, 0.5) is 5.69 Å². The van der Waals surface area contributed by atoms with E-state index < -0.39 is 0 Å². The van der Waals surface area contributed by atoms with Gasteiger partial charge in [0.1, 0.15) is 5.75 Å². The second kappa shape index (κ2) is 10.2. The van der Waals surface area contributed by atoms with E-state index in [4.69, 9.17) is 17.0 Å². The molecule has 0 radical (unpaired) electrons. The van der Waals surface area contributed by atoms with Crippen LogP contribution in [0.25, 0.3) is 0 Å². The maximum Gasteiger partial charge on any atom is 0.257 e. The van der Waals surface area contributed by atoms with E-state index in [9.17, 15) is 9.59 Å². The van der Waals surface area contributed by atoms with Gasteiger partial charge in [0.15, 0.2) is 5.11 Å². The van der Waals surface area contributed by atoms with Crippen LogP contribution in [-0.4, -0.2) is 24.0 Å². The van der Waals surface area contributed by atoms with E-state index in [-0.39, 0.29) is 16.9 Å². The van der Waals surface area contributed by atoms with Gasteiger partial charge in [-0.3, -0.25) is 14.9 Å². The smallest absolute Gasteiger partial charge is 0.257 e. The highest BCUT2D eigenvalue weighted by atomic mass is 32.1. The first kappa shape index (κ1) is 21.0. The molecule has 0 spiro atoms. The molecule has 152 valence electrons. The molecule has 0 unspecified atom stereocenters. The minimum Gasteiger partial charge on any atom is -0.497 e. The average Bonchev–Trinajstić information content (AvgIpc) is 2.78. The lowest BCUT2D eigenvalue weighted by Crippen LogP contribution is -2.35. The van der Waals surface area contributed by atoms with Crippen molar-refractivity contribution in [2.75, 3.05) is 12.4 Å². The first-order chi connectivity index (χ1) is 14.6. The Kier molecular flexibility index (Phi) is 7.13. The third kappa shape index (κ3) is 5.65. The molecule has 0 fully saturated rings. The van der Waals surface area contributed by atoms with Crippen molar-refractivity contribution in [1.82, 2.24) is 10.6 Å². The van der Waals surface area contributed by atoms with Gasteiger partial charge in [0.05, 0.1) is 18.4 Å². The molecule has 0 heterocycles. The van der Waals surface area contributed by atoms with E-state index in [1.807, 2.05) is 30.3 Å². The highest BCUT2D eigenvalue weighted by molar-refractivity contribution is 7.80. The molecule has 0 aliphatic rings. The van der Waals surface area contributed by atoms with Crippen molar-refractivity contribution in [3.8, 4) is 5.75 Å². The number of hydrogen-bond donors (Lipinski definition) is 3. The van der Waals surface area contributed by atoms with Gasteiger partial charge < -0.3 is 15.4 Å². The Balaban J connectivity index is 1.62. The first-order valence-electron chi connectivity index (χ1n) is 9.24. The molecular formula is C23H21N3O3S. The van der Waals surface area contributed by atoms with Gasteiger partial charge in [-0.1, -0.05) is 42.5 Å². The Labute approximate surface area is 180 Å². The number of carbonyl (C=O) groups excluding carboxylic acids is 2. The average molecular weight is 420 g/mol. The second-order valence-electron chi connectivity index (χ2n) is 6.35. The fourth-order valence-electron chi connectivity index (χ4n) is 2.73. The van der Waals surface area contributed by atoms with Crippen LogP contribution in [0.5, 0.6) is 5.75 Å². The Morgan fingerprint density at radius 3 is 2.23 bits per heavy atom. The van der Waals surface area contributed by atoms with Crippen molar-refractivity contribution in [3.05, 3.63) is 95.6 Å². The van der Waals surface area contributed by atoms with E-state index >= 15 is 0 Å². The minimum atomic E-state index is -0.360. The summed E-state index contributed by atoms with van der Waals surface area (Å²) >= 11 is 5.25. The van der Waals surface area contributed by atoms with Gasteiger partial charge in [-0.25, -0.2) is 0 Å². The molecule has 0 aliphatic carbocycles. The summed E-state index contributed by atoms with van der Waals surface area (Å²) in [4.78, 5) is 25.0. The lowest BCUT2D eigenvalue weighted by atomic mass is 10.1. The van der Waals surface area contributed by atoms with Crippen molar-refractivity contribution in [2.45, 2.75) is 6.54 Å². The molecule has 2 amide bonds. The standard InChI is InChI=1S/C23H21N3O3S/c1-29-18-13-11-17(12-14-18)21(27)26-23(30)25-20-10-6-5-9-19(20)22(28)24-15-16-7-3-2-4-8-16/h2-14H,15H2,1H3,(H,24,28)(H2,25,26,27,30). The van der Waals surface area contributed by atoms with Crippen LogP contribution >= 0.6 is 12.2 Å². The maximum absolute atomic E-state index is 12.6. The van der Waals surface area contributed by atoms with E-state index in [0.717, 1.165) is 5.56 Å². The largest absolute Gasteiger partial charge is 0.497 e. The zero-order valence-corrected chi connectivity index (χ0v) is 17.2. The van der Waals surface area contributed by atoms with Crippen LogP contribution in [0.2, 0.25) is 0 Å². The first-order valence-corrected chi connectivity index (χ1v) is 9.65. The van der Waals surface area contributed by atoms with Gasteiger partial charge in [-0.05, 0) is 54.2 Å². The Morgan fingerprint density at radius 1 is 0.867 bits per heavy atom. The summed E-state index contributed by atoms with van der Waals surface area (Å²) in [6.45, 7) is 0.409. The number of rotatable bonds is 6. The summed E-state index contributed by atoms with van der Waals surface area (Å²) in [6, 6.07) is 23.3. The maximum atomic E-state index is 12.6. The Bertz CT molecular complexity index is 1040. The molecular weight excluding hydrogens is 398 g/mol. The normalized spacial score (nSPS) is 10.0. The van der Waals surface area contributed by atoms with Crippen LogP contribution in [0, 0.1) is 0 Å². The number of nitrogens with one attached hydrogen (secondary N) is 3. The zero-order valence-electron chi connectivity index (χ0n) is 16.3. The van der Waals surface area contributed by atoms with Gasteiger partial charge in [0.25, 0.3) is 11.8 Å². The molecule has 0 saturated heterocycles. The SMILES string of the molecule is COc1ccc(C(=O)NC(=S)Nc2ccccc2C(=O)NCc2ccccc2)cc1. The van der Waals surface area contributed by atoms with Gasteiger partial charge in [0, 0.05) is 12.1 Å². The number of carbonyl (C=O) groups is 2. The predicted molar refractivity (Wildman–Crippen MR) is 121 cm³/mol. The fraction of sp³-hybridized carbons (Fsp3) is 0.0870. The summed E-state index contributed by atoms with van der Waals surface area (Å²) in [5.41, 5.74) is 2.37. The summed E-state index contributed by atoms with van der Waals surface area (Å²) in [6.07, 6.45) is 0. The lowest BCUT2D eigenvalue weighted by molar-refractivity contribution is 0.0950. The van der Waals surface area contributed by atoms with Crippen molar-refractivity contribution in [3.63, 3.8) is 0 Å². The number of thiocarbonyl (C=S) groups is 1. The molecule has 30 heavy (non-hydrogen) atoms. The monoisotopic (exact) mass is 419 g/mol. The topological polar surface area (TPSA) is 79.5 Å². The number of anilines is 1. The molecule has 3 aromatic carbocycles. The molecule has 3 aromatic rings. The van der Waals surface area contributed by atoms with Crippen molar-refractivity contribution in [2.24, 2.45) is 0 Å². The number of amides is 2. The lowest BCUT2D eigenvalue weighted by Gasteiger charge is -2.14. The molecule has 0 saturated carbocycles. The molecule has 0 atom stereocenters. The predicted octanol–water partition coefficient (Wildman–Crippen LogP) is 3.75. The summed E-state index contributed by atoms with van der Waals surface area (Å²) in [5.74, 6) is 0.0510. The summed E-state index contributed by atoms with van der Waals surface area (Å²) < 4.78 is 5.08. The van der Waals surface area contributed by atoms with Crippen molar-refractivity contribution in [1.29, 1.82) is 0 Å². The number of benzene rings is 3. The minimum absolute atomic E-state index is 0.0964. The van der Waals surface area contributed by atoms with E-state index in [2.05, 4.69) is 16.0 Å². The van der Waals surface area contributed by atoms with Crippen LogP contribution in [0.15, 0.2) is 78.9 Å². The van der Waals surface area contributed by atoms with Crippen LogP contribution in [0.3, 0.4) is 0 Å². The number of methoxy groups -OCH3 is 1. The van der Waals surface area contributed by atoms with Crippen LogP contribution in [-0.2, 0) is 6.54 Å². The molecule has 7 heteroatoms. The summed E-state index contributed by atoms with van der Waals surface area (Å²) in [5, 5.41) is 8.52. The van der Waals surface area contributed by atoms with Crippen LogP contribution in [0.1, 0.15) is 26.3 Å². The third-order valence-corrected chi connectivity index (χ3v) is 4.50. The van der Waals surface area contributed by atoms with Gasteiger partial charge in [-0.15, -0.1) is 0 Å². The van der Waals surface area contributed by atoms with E-state index in [0.29, 0.717) is 29.1 Å². The fourth-order valence-corrected chi connectivity index (χ4v) is 2.94. The quantitative estimate of drug-likeness (QED) is 0.531. The number of para-hydroxylation sites is 1. The van der Waals surface area contributed by atoms with Gasteiger partial charge >= 0.3 is 0 Å². The van der Waals surface area contributed by atoms with Crippen molar-refractivity contribution >= 4 is 34.8 Å². The highest BCUT2D eigenvalue weighted by Gasteiger charge is 2.13. The number of hydrogen-bond acceptors (Lipinski definition) is 4. The molecule has 3 rings (SSSR count). The Morgan fingerprint density at radius 2 is 1.53 bits per heavy atom. The summed E-state index contributed by atoms with van der Waals surface area (Å²) in [7, 11) is 1.56. The zero-order chi connectivity index (χ0) is 21.3. The van der Waals surface area contributed by atoms with Crippen molar-refractivity contribution < 1.29 is 14.3 Å². The Hall–Kier alpha value is -3.71. The second-order valence-corrected chi connectivity index (χ2v) is 6.76. The van der Waals surface area contributed by atoms with E-state index in [1.165, 1.54) is 0 Å². The molecule has 6 nitrogen and oxygen atoms in total.